The van der Waals surface area contributed by atoms with Crippen molar-refractivity contribution in [3.8, 4) is 0 Å². The number of hydrogen-bond acceptors (Lipinski definition) is 6. The fourth-order valence-corrected chi connectivity index (χ4v) is 4.14. The van der Waals surface area contributed by atoms with Crippen molar-refractivity contribution >= 4 is 5.91 Å². The largest absolute Gasteiger partial charge is 0.396 e. The van der Waals surface area contributed by atoms with E-state index in [-0.39, 0.29) is 13.0 Å². The average molecular weight is 466 g/mol. The molecule has 3 rings (SSSR count). The minimum Gasteiger partial charge on any atom is -0.396 e. The summed E-state index contributed by atoms with van der Waals surface area (Å²) in [6.07, 6.45) is -5.08. The molecular weight excluding hydrogens is 434 g/mol. The molecule has 0 heterocycles. The second kappa shape index (κ2) is 11.9. The number of carbonyl (C=O) groups excluding carboxylic acids is 1. The number of benzene rings is 3. The van der Waals surface area contributed by atoms with E-state index in [0.29, 0.717) is 0 Å². The van der Waals surface area contributed by atoms with E-state index in [2.05, 4.69) is 0 Å². The zero-order chi connectivity index (χ0) is 24.6. The maximum absolute atomic E-state index is 11.2. The van der Waals surface area contributed by atoms with Crippen molar-refractivity contribution in [1.82, 2.24) is 0 Å². The smallest absolute Gasteiger partial charge is 0.217 e. The van der Waals surface area contributed by atoms with Gasteiger partial charge in [0.2, 0.25) is 5.91 Å². The van der Waals surface area contributed by atoms with Gasteiger partial charge < -0.3 is 30.9 Å². The van der Waals surface area contributed by atoms with Gasteiger partial charge in [0.25, 0.3) is 0 Å². The first kappa shape index (κ1) is 25.6. The van der Waals surface area contributed by atoms with Crippen LogP contribution < -0.4 is 5.73 Å². The second-order valence-corrected chi connectivity index (χ2v) is 8.25. The Hall–Kier alpha value is -3.07. The summed E-state index contributed by atoms with van der Waals surface area (Å²) in [4.78, 5) is 11.2. The van der Waals surface area contributed by atoms with E-state index >= 15 is 0 Å². The van der Waals surface area contributed by atoms with Crippen LogP contribution in [0.2, 0.25) is 0 Å². The summed E-state index contributed by atoms with van der Waals surface area (Å²) >= 11 is 0. The summed E-state index contributed by atoms with van der Waals surface area (Å²) in [6, 6.07) is 28.6. The van der Waals surface area contributed by atoms with E-state index in [1.54, 1.807) is 0 Å². The maximum atomic E-state index is 11.2. The molecule has 0 aliphatic heterocycles. The van der Waals surface area contributed by atoms with Gasteiger partial charge in [-0.3, -0.25) is 4.79 Å². The zero-order valence-electron chi connectivity index (χ0n) is 18.8. The summed E-state index contributed by atoms with van der Waals surface area (Å²) in [5.74, 6) is -1.74. The lowest BCUT2D eigenvalue weighted by atomic mass is 9.80. The van der Waals surface area contributed by atoms with Crippen LogP contribution in [0.15, 0.2) is 91.0 Å². The Labute approximate surface area is 199 Å². The zero-order valence-corrected chi connectivity index (χ0v) is 18.8. The van der Waals surface area contributed by atoms with Crippen molar-refractivity contribution in [2.45, 2.75) is 30.3 Å². The third kappa shape index (κ3) is 5.70. The summed E-state index contributed by atoms with van der Waals surface area (Å²) in [5.41, 5.74) is 6.50. The monoisotopic (exact) mass is 465 g/mol. The Morgan fingerprint density at radius 2 is 1.18 bits per heavy atom. The minimum atomic E-state index is -1.67. The highest BCUT2D eigenvalue weighted by atomic mass is 16.5. The van der Waals surface area contributed by atoms with Gasteiger partial charge in [0.05, 0.1) is 12.7 Å². The van der Waals surface area contributed by atoms with Crippen molar-refractivity contribution in [3.63, 3.8) is 0 Å². The number of primary amides is 1. The van der Waals surface area contributed by atoms with Crippen LogP contribution in [0.3, 0.4) is 0 Å². The third-order valence-corrected chi connectivity index (χ3v) is 5.94. The topological polar surface area (TPSA) is 133 Å². The highest BCUT2D eigenvalue weighted by Crippen LogP contribution is 2.40. The van der Waals surface area contributed by atoms with Gasteiger partial charge in [-0.2, -0.15) is 0 Å². The van der Waals surface area contributed by atoms with Crippen LogP contribution in [0, 0.1) is 5.92 Å². The van der Waals surface area contributed by atoms with E-state index in [0.717, 1.165) is 16.7 Å². The Balaban J connectivity index is 1.96. The summed E-state index contributed by atoms with van der Waals surface area (Å²) in [7, 11) is 0. The van der Waals surface area contributed by atoms with Crippen LogP contribution in [0.25, 0.3) is 0 Å². The summed E-state index contributed by atoms with van der Waals surface area (Å²) in [6.45, 7) is -0.914. The molecule has 3 aromatic carbocycles. The second-order valence-electron chi connectivity index (χ2n) is 8.25. The summed E-state index contributed by atoms with van der Waals surface area (Å²) in [5, 5.41) is 41.2. The van der Waals surface area contributed by atoms with Gasteiger partial charge in [-0.25, -0.2) is 0 Å². The molecule has 7 nitrogen and oxygen atoms in total. The number of carbonyl (C=O) groups is 1. The number of aliphatic hydroxyl groups excluding tert-OH is 4. The first-order chi connectivity index (χ1) is 16.4. The molecule has 3 aromatic rings. The third-order valence-electron chi connectivity index (χ3n) is 5.94. The van der Waals surface area contributed by atoms with Crippen LogP contribution in [0.5, 0.6) is 0 Å². The first-order valence-electron chi connectivity index (χ1n) is 11.1. The SMILES string of the molecule is NC(=O)C[C@H](CO)[C@@H](O)[C@H](O)C(O)COC(c1ccccc1)(c1ccccc1)c1ccccc1. The van der Waals surface area contributed by atoms with E-state index in [4.69, 9.17) is 10.5 Å². The van der Waals surface area contributed by atoms with Crippen LogP contribution >= 0.6 is 0 Å². The predicted molar refractivity (Wildman–Crippen MR) is 128 cm³/mol. The molecule has 0 saturated carbocycles. The van der Waals surface area contributed by atoms with Crippen molar-refractivity contribution < 1.29 is 30.0 Å². The van der Waals surface area contributed by atoms with E-state index < -0.39 is 42.3 Å². The lowest BCUT2D eigenvalue weighted by Gasteiger charge is -2.37. The lowest BCUT2D eigenvalue weighted by molar-refractivity contribution is -0.133. The highest BCUT2D eigenvalue weighted by molar-refractivity contribution is 5.74. The maximum Gasteiger partial charge on any atom is 0.217 e. The fourth-order valence-electron chi connectivity index (χ4n) is 4.14. The molecule has 0 fully saturated rings. The molecule has 4 atom stereocenters. The fraction of sp³-hybridized carbons (Fsp3) is 0.296. The summed E-state index contributed by atoms with van der Waals surface area (Å²) < 4.78 is 6.44. The molecule has 0 aliphatic rings. The standard InChI is InChI=1S/C27H31NO6/c28-24(31)16-19(17-29)25(32)26(33)23(30)18-34-27(20-10-4-1-5-11-20,21-12-6-2-7-13-21)22-14-8-3-9-15-22/h1-15,19,23,25-26,29-30,32-33H,16-18H2,(H2,28,31)/t19-,23?,25-,26-/m1/s1. The minimum absolute atomic E-state index is 0.329. The molecule has 180 valence electrons. The van der Waals surface area contributed by atoms with Crippen LogP contribution in [0.4, 0.5) is 0 Å². The Morgan fingerprint density at radius 1 is 0.765 bits per heavy atom. The van der Waals surface area contributed by atoms with Crippen molar-refractivity contribution in [3.05, 3.63) is 108 Å². The highest BCUT2D eigenvalue weighted by Gasteiger charge is 2.40. The van der Waals surface area contributed by atoms with E-state index in [1.807, 2.05) is 91.0 Å². The Bertz CT molecular complexity index is 918. The van der Waals surface area contributed by atoms with Crippen LogP contribution in [0.1, 0.15) is 23.1 Å². The number of aliphatic hydroxyl groups is 4. The average Bonchev–Trinajstić information content (AvgIpc) is 2.88. The number of amides is 1. The van der Waals surface area contributed by atoms with Gasteiger partial charge in [-0.1, -0.05) is 91.0 Å². The number of rotatable bonds is 12. The molecule has 0 radical (unpaired) electrons. The van der Waals surface area contributed by atoms with Gasteiger partial charge >= 0.3 is 0 Å². The van der Waals surface area contributed by atoms with Crippen molar-refractivity contribution in [2.24, 2.45) is 11.7 Å². The number of nitrogens with two attached hydrogens (primary N) is 1. The van der Waals surface area contributed by atoms with Crippen molar-refractivity contribution in [2.75, 3.05) is 13.2 Å². The lowest BCUT2D eigenvalue weighted by Crippen LogP contribution is -2.47. The molecule has 0 aliphatic carbocycles. The molecular formula is C27H31NO6. The first-order valence-corrected chi connectivity index (χ1v) is 11.1. The molecule has 0 aromatic heterocycles. The molecule has 1 amide bonds. The molecule has 7 heteroatoms. The van der Waals surface area contributed by atoms with Gasteiger partial charge in [0.15, 0.2) is 0 Å². The van der Waals surface area contributed by atoms with Gasteiger partial charge in [-0.05, 0) is 16.7 Å². The number of hydrogen-bond donors (Lipinski definition) is 5. The van der Waals surface area contributed by atoms with E-state index in [1.165, 1.54) is 0 Å². The Morgan fingerprint density at radius 3 is 1.53 bits per heavy atom. The molecule has 0 bridgehead atoms. The van der Waals surface area contributed by atoms with Gasteiger partial charge in [-0.15, -0.1) is 0 Å². The number of ether oxygens (including phenoxy) is 1. The molecule has 1 unspecified atom stereocenters. The van der Waals surface area contributed by atoms with Crippen LogP contribution in [-0.4, -0.2) is 57.9 Å². The van der Waals surface area contributed by atoms with Crippen molar-refractivity contribution in [1.29, 1.82) is 0 Å². The van der Waals surface area contributed by atoms with Gasteiger partial charge in [0, 0.05) is 18.9 Å². The molecule has 34 heavy (non-hydrogen) atoms. The van der Waals surface area contributed by atoms with Crippen LogP contribution in [-0.2, 0) is 15.1 Å². The predicted octanol–water partition coefficient (Wildman–Crippen LogP) is 1.56. The van der Waals surface area contributed by atoms with E-state index in [9.17, 15) is 25.2 Å². The van der Waals surface area contributed by atoms with Gasteiger partial charge in [0.1, 0.15) is 17.8 Å². The quantitative estimate of drug-likeness (QED) is 0.258. The molecule has 0 spiro atoms. The Kier molecular flexibility index (Phi) is 8.92. The normalized spacial score (nSPS) is 15.3. The molecule has 0 saturated heterocycles. The molecule has 6 N–H and O–H groups in total.